The van der Waals surface area contributed by atoms with Crippen LogP contribution in [0.25, 0.3) is 0 Å². The van der Waals surface area contributed by atoms with Gasteiger partial charge >= 0.3 is 0 Å². The molecule has 0 heterocycles. The summed E-state index contributed by atoms with van der Waals surface area (Å²) in [5.41, 5.74) is 1.75. The lowest BCUT2D eigenvalue weighted by molar-refractivity contribution is 0.299. The van der Waals surface area contributed by atoms with Crippen molar-refractivity contribution >= 4 is 11.6 Å². The van der Waals surface area contributed by atoms with Crippen LogP contribution in [-0.2, 0) is 13.0 Å². The highest BCUT2D eigenvalue weighted by molar-refractivity contribution is 6.31. The minimum Gasteiger partial charge on any atom is -0.489 e. The van der Waals surface area contributed by atoms with Crippen LogP contribution in [0.15, 0.2) is 36.4 Å². The van der Waals surface area contributed by atoms with E-state index in [1.54, 1.807) is 12.1 Å². The zero-order chi connectivity index (χ0) is 14.5. The average molecular weight is 290 g/mol. The second-order valence-corrected chi connectivity index (χ2v) is 4.72. The molecule has 0 aliphatic carbocycles. The van der Waals surface area contributed by atoms with Crippen LogP contribution in [-0.4, -0.2) is 0 Å². The van der Waals surface area contributed by atoms with Gasteiger partial charge in [-0.2, -0.15) is 5.26 Å². The molecular formula is C16H13ClFNO. The van der Waals surface area contributed by atoms with Crippen LogP contribution < -0.4 is 4.74 Å². The van der Waals surface area contributed by atoms with E-state index in [9.17, 15) is 4.39 Å². The van der Waals surface area contributed by atoms with Gasteiger partial charge in [-0.05, 0) is 48.4 Å². The Hall–Kier alpha value is -2.05. The van der Waals surface area contributed by atoms with Gasteiger partial charge in [0.2, 0.25) is 0 Å². The standard InChI is InChI=1S/C16H13ClFNO/c1-2-12-8-14(4-5-15(12)17)20-10-13-7-11(9-19)3-6-16(13)18/h3-8H,2,10H2,1H3. The van der Waals surface area contributed by atoms with Gasteiger partial charge in [0.05, 0.1) is 11.6 Å². The predicted octanol–water partition coefficient (Wildman–Crippen LogP) is 4.49. The van der Waals surface area contributed by atoms with Crippen molar-refractivity contribution < 1.29 is 9.13 Å². The fourth-order valence-electron chi connectivity index (χ4n) is 1.83. The Balaban J connectivity index is 2.15. The molecule has 0 fully saturated rings. The van der Waals surface area contributed by atoms with Crippen molar-refractivity contribution in [1.29, 1.82) is 5.26 Å². The summed E-state index contributed by atoms with van der Waals surface area (Å²) in [7, 11) is 0. The van der Waals surface area contributed by atoms with Gasteiger partial charge in [0.1, 0.15) is 18.2 Å². The molecule has 2 rings (SSSR count). The maximum atomic E-state index is 13.6. The first-order valence-corrected chi connectivity index (χ1v) is 6.61. The van der Waals surface area contributed by atoms with Crippen molar-refractivity contribution in [2.75, 3.05) is 0 Å². The van der Waals surface area contributed by atoms with Crippen molar-refractivity contribution in [2.24, 2.45) is 0 Å². The van der Waals surface area contributed by atoms with E-state index in [-0.39, 0.29) is 12.4 Å². The second-order valence-electron chi connectivity index (χ2n) is 4.31. The lowest BCUT2D eigenvalue weighted by Crippen LogP contribution is -1.99. The third-order valence-electron chi connectivity index (χ3n) is 2.97. The summed E-state index contributed by atoms with van der Waals surface area (Å²) in [4.78, 5) is 0. The Labute approximate surface area is 122 Å². The second kappa shape index (κ2) is 6.40. The highest BCUT2D eigenvalue weighted by Crippen LogP contribution is 2.23. The number of hydrogen-bond donors (Lipinski definition) is 0. The number of aryl methyl sites for hydroxylation is 1. The summed E-state index contributed by atoms with van der Waals surface area (Å²) in [6.07, 6.45) is 0.800. The smallest absolute Gasteiger partial charge is 0.129 e. The van der Waals surface area contributed by atoms with Gasteiger partial charge in [-0.1, -0.05) is 18.5 Å². The molecule has 2 aromatic carbocycles. The van der Waals surface area contributed by atoms with Crippen LogP contribution in [0.5, 0.6) is 5.75 Å². The van der Waals surface area contributed by atoms with Crippen LogP contribution in [0.1, 0.15) is 23.6 Å². The lowest BCUT2D eigenvalue weighted by atomic mass is 10.1. The molecule has 0 atom stereocenters. The van der Waals surface area contributed by atoms with Gasteiger partial charge in [0, 0.05) is 10.6 Å². The summed E-state index contributed by atoms with van der Waals surface area (Å²) >= 11 is 6.03. The average Bonchev–Trinajstić information content (AvgIpc) is 2.47. The fourth-order valence-corrected chi connectivity index (χ4v) is 2.08. The summed E-state index contributed by atoms with van der Waals surface area (Å²) in [5.74, 6) is 0.252. The third kappa shape index (κ3) is 3.28. The van der Waals surface area contributed by atoms with Crippen molar-refractivity contribution in [3.63, 3.8) is 0 Å². The molecule has 102 valence electrons. The van der Waals surface area contributed by atoms with Gasteiger partial charge in [-0.3, -0.25) is 0 Å². The van der Waals surface area contributed by atoms with Crippen molar-refractivity contribution in [3.8, 4) is 11.8 Å². The molecule has 0 radical (unpaired) electrons. The van der Waals surface area contributed by atoms with Gasteiger partial charge in [0.15, 0.2) is 0 Å². The number of benzene rings is 2. The number of rotatable bonds is 4. The van der Waals surface area contributed by atoms with E-state index >= 15 is 0 Å². The third-order valence-corrected chi connectivity index (χ3v) is 3.34. The summed E-state index contributed by atoms with van der Waals surface area (Å²) in [6.45, 7) is 2.08. The Morgan fingerprint density at radius 3 is 2.70 bits per heavy atom. The quantitative estimate of drug-likeness (QED) is 0.830. The summed E-state index contributed by atoms with van der Waals surface area (Å²) < 4.78 is 19.2. The van der Waals surface area contributed by atoms with E-state index in [2.05, 4.69) is 0 Å². The highest BCUT2D eigenvalue weighted by Gasteiger charge is 2.06. The minimum absolute atomic E-state index is 0.0755. The first-order chi connectivity index (χ1) is 9.63. The molecule has 0 bridgehead atoms. The Bertz CT molecular complexity index is 664. The fraction of sp³-hybridized carbons (Fsp3) is 0.188. The molecule has 0 aliphatic rings. The van der Waals surface area contributed by atoms with Gasteiger partial charge in [-0.25, -0.2) is 4.39 Å². The van der Waals surface area contributed by atoms with Gasteiger partial charge in [-0.15, -0.1) is 0 Å². The van der Waals surface area contributed by atoms with E-state index in [1.807, 2.05) is 19.1 Å². The van der Waals surface area contributed by atoms with E-state index < -0.39 is 0 Å². The van der Waals surface area contributed by atoms with Gasteiger partial charge < -0.3 is 4.74 Å². The Morgan fingerprint density at radius 2 is 2.00 bits per heavy atom. The van der Waals surface area contributed by atoms with Crippen molar-refractivity contribution in [2.45, 2.75) is 20.0 Å². The molecule has 0 aromatic heterocycles. The molecule has 0 aliphatic heterocycles. The molecule has 0 amide bonds. The number of ether oxygens (including phenoxy) is 1. The van der Waals surface area contributed by atoms with Crippen LogP contribution in [0.2, 0.25) is 5.02 Å². The highest BCUT2D eigenvalue weighted by atomic mass is 35.5. The predicted molar refractivity (Wildman–Crippen MR) is 76.3 cm³/mol. The summed E-state index contributed by atoms with van der Waals surface area (Å²) in [5, 5.41) is 9.50. The maximum absolute atomic E-state index is 13.6. The van der Waals surface area contributed by atoms with Crippen LogP contribution in [0, 0.1) is 17.1 Å². The Kier molecular flexibility index (Phi) is 4.60. The molecule has 0 N–H and O–H groups in total. The zero-order valence-electron chi connectivity index (χ0n) is 11.0. The van der Waals surface area contributed by atoms with Crippen molar-refractivity contribution in [3.05, 3.63) is 63.9 Å². The van der Waals surface area contributed by atoms with E-state index in [0.717, 1.165) is 12.0 Å². The van der Waals surface area contributed by atoms with Crippen LogP contribution in [0.4, 0.5) is 4.39 Å². The topological polar surface area (TPSA) is 33.0 Å². The monoisotopic (exact) mass is 289 g/mol. The zero-order valence-corrected chi connectivity index (χ0v) is 11.7. The molecule has 2 aromatic rings. The maximum Gasteiger partial charge on any atom is 0.129 e. The normalized spacial score (nSPS) is 10.1. The van der Waals surface area contributed by atoms with E-state index in [4.69, 9.17) is 21.6 Å². The number of nitrogens with zero attached hydrogens (tertiary/aromatic N) is 1. The van der Waals surface area contributed by atoms with Crippen LogP contribution in [0.3, 0.4) is 0 Å². The molecule has 0 spiro atoms. The minimum atomic E-state index is -0.381. The lowest BCUT2D eigenvalue weighted by Gasteiger charge is -2.09. The van der Waals surface area contributed by atoms with E-state index in [0.29, 0.717) is 21.9 Å². The molecule has 4 heteroatoms. The van der Waals surface area contributed by atoms with Crippen LogP contribution >= 0.6 is 11.6 Å². The Morgan fingerprint density at radius 1 is 1.20 bits per heavy atom. The number of halogens is 2. The molecule has 2 nitrogen and oxygen atoms in total. The molecule has 0 saturated carbocycles. The first-order valence-electron chi connectivity index (χ1n) is 6.23. The SMILES string of the molecule is CCc1cc(OCc2cc(C#N)ccc2F)ccc1Cl. The first kappa shape index (κ1) is 14.4. The molecule has 20 heavy (non-hydrogen) atoms. The largest absolute Gasteiger partial charge is 0.489 e. The molecule has 0 unspecified atom stereocenters. The number of nitriles is 1. The molecular weight excluding hydrogens is 277 g/mol. The molecule has 0 saturated heterocycles. The van der Waals surface area contributed by atoms with Gasteiger partial charge in [0.25, 0.3) is 0 Å². The van der Waals surface area contributed by atoms with Crippen molar-refractivity contribution in [1.82, 2.24) is 0 Å². The number of hydrogen-bond acceptors (Lipinski definition) is 2. The summed E-state index contributed by atoms with van der Waals surface area (Å²) in [6, 6.07) is 11.5. The van der Waals surface area contributed by atoms with E-state index in [1.165, 1.54) is 18.2 Å².